The fourth-order valence-corrected chi connectivity index (χ4v) is 7.09. The van der Waals surface area contributed by atoms with Gasteiger partial charge in [0.2, 0.25) is 5.91 Å². The highest BCUT2D eigenvalue weighted by Gasteiger charge is 2.24. The molecule has 0 bridgehead atoms. The van der Waals surface area contributed by atoms with Crippen molar-refractivity contribution < 1.29 is 14.4 Å². The molecule has 0 fully saturated rings. The molecule has 1 aromatic heterocycles. The number of amides is 3. The van der Waals surface area contributed by atoms with Crippen LogP contribution in [0.3, 0.4) is 0 Å². The molecule has 248 valence electrons. The Morgan fingerprint density at radius 1 is 0.740 bits per heavy atom. The van der Waals surface area contributed by atoms with Crippen LogP contribution in [-0.4, -0.2) is 22.7 Å². The van der Waals surface area contributed by atoms with Crippen molar-refractivity contribution in [3.63, 3.8) is 0 Å². The van der Waals surface area contributed by atoms with Gasteiger partial charge < -0.3 is 16.0 Å². The summed E-state index contributed by atoms with van der Waals surface area (Å²) in [7, 11) is 0. The first-order valence-corrected chi connectivity index (χ1v) is 17.8. The van der Waals surface area contributed by atoms with Crippen LogP contribution in [0.4, 0.5) is 10.8 Å². The maximum atomic E-state index is 13.8. The van der Waals surface area contributed by atoms with Gasteiger partial charge in [0.1, 0.15) is 10.9 Å². The molecule has 7 nitrogen and oxygen atoms in total. The van der Waals surface area contributed by atoms with Gasteiger partial charge in [0.05, 0.1) is 5.69 Å². The SMILES string of the molecule is O=C(Nc1cccc(SC(C(=O)Nc2nc(-c3ccccc3Cl)cs2)c2ccccc2)c1)/C(=C\c1ccccc1Cl)NC(=O)c1ccccc1. The van der Waals surface area contributed by atoms with E-state index in [0.29, 0.717) is 37.7 Å². The first-order chi connectivity index (χ1) is 24.3. The third-order valence-corrected chi connectivity index (χ3v) is 9.98. The van der Waals surface area contributed by atoms with Crippen LogP contribution < -0.4 is 16.0 Å². The second-order valence-electron chi connectivity index (χ2n) is 10.8. The van der Waals surface area contributed by atoms with Gasteiger partial charge in [-0.15, -0.1) is 23.1 Å². The minimum absolute atomic E-state index is 0.00570. The molecule has 3 N–H and O–H groups in total. The summed E-state index contributed by atoms with van der Waals surface area (Å²) in [4.78, 5) is 45.8. The van der Waals surface area contributed by atoms with Crippen molar-refractivity contribution in [2.75, 3.05) is 10.6 Å². The summed E-state index contributed by atoms with van der Waals surface area (Å²) in [6.45, 7) is 0. The van der Waals surface area contributed by atoms with Crippen molar-refractivity contribution in [2.24, 2.45) is 0 Å². The van der Waals surface area contributed by atoms with Gasteiger partial charge in [0.25, 0.3) is 11.8 Å². The van der Waals surface area contributed by atoms with E-state index in [9.17, 15) is 14.4 Å². The van der Waals surface area contributed by atoms with Crippen LogP contribution in [0.25, 0.3) is 17.3 Å². The molecule has 50 heavy (non-hydrogen) atoms. The van der Waals surface area contributed by atoms with E-state index in [4.69, 9.17) is 23.2 Å². The largest absolute Gasteiger partial charge is 0.321 e. The van der Waals surface area contributed by atoms with E-state index in [0.717, 1.165) is 16.0 Å². The maximum Gasteiger partial charge on any atom is 0.272 e. The molecule has 1 heterocycles. The number of aromatic nitrogens is 1. The Kier molecular flexibility index (Phi) is 11.4. The van der Waals surface area contributed by atoms with E-state index in [-0.39, 0.29) is 11.6 Å². The summed E-state index contributed by atoms with van der Waals surface area (Å²) < 4.78 is 0. The second-order valence-corrected chi connectivity index (χ2v) is 13.6. The average molecular weight is 736 g/mol. The Balaban J connectivity index is 1.22. The van der Waals surface area contributed by atoms with E-state index in [1.165, 1.54) is 29.2 Å². The third-order valence-electron chi connectivity index (χ3n) is 7.30. The predicted molar refractivity (Wildman–Crippen MR) is 205 cm³/mol. The lowest BCUT2D eigenvalue weighted by molar-refractivity contribution is -0.116. The summed E-state index contributed by atoms with van der Waals surface area (Å²) in [5.41, 5.74) is 3.68. The van der Waals surface area contributed by atoms with Crippen LogP contribution in [0.1, 0.15) is 26.7 Å². The number of rotatable bonds is 11. The number of benzene rings is 5. The number of nitrogens with zero attached hydrogens (tertiary/aromatic N) is 1. The molecule has 0 spiro atoms. The molecular weight excluding hydrogens is 707 g/mol. The molecule has 0 aliphatic rings. The number of halogens is 2. The van der Waals surface area contributed by atoms with Crippen LogP contribution in [0.5, 0.6) is 0 Å². The van der Waals surface area contributed by atoms with E-state index >= 15 is 0 Å². The summed E-state index contributed by atoms with van der Waals surface area (Å²) in [5, 5.41) is 11.2. The van der Waals surface area contributed by atoms with E-state index < -0.39 is 17.1 Å². The molecular formula is C39H28Cl2N4O3S2. The molecule has 3 amide bonds. The highest BCUT2D eigenvalue weighted by atomic mass is 35.5. The van der Waals surface area contributed by atoms with Crippen molar-refractivity contribution in [1.29, 1.82) is 0 Å². The van der Waals surface area contributed by atoms with Gasteiger partial charge in [-0.1, -0.05) is 114 Å². The van der Waals surface area contributed by atoms with Crippen molar-refractivity contribution in [3.8, 4) is 11.3 Å². The van der Waals surface area contributed by atoms with Crippen LogP contribution in [0, 0.1) is 0 Å². The smallest absolute Gasteiger partial charge is 0.272 e. The number of hydrogen-bond donors (Lipinski definition) is 3. The fraction of sp³-hybridized carbons (Fsp3) is 0.0256. The molecule has 5 aromatic carbocycles. The molecule has 0 radical (unpaired) electrons. The average Bonchev–Trinajstić information content (AvgIpc) is 3.60. The fourth-order valence-electron chi connectivity index (χ4n) is 4.87. The van der Waals surface area contributed by atoms with Gasteiger partial charge >= 0.3 is 0 Å². The zero-order valence-corrected chi connectivity index (χ0v) is 29.3. The van der Waals surface area contributed by atoms with Crippen molar-refractivity contribution in [3.05, 3.63) is 171 Å². The summed E-state index contributed by atoms with van der Waals surface area (Å²) in [6.07, 6.45) is 1.53. The Morgan fingerprint density at radius 2 is 1.42 bits per heavy atom. The number of carbonyl (C=O) groups excluding carboxylic acids is 3. The molecule has 11 heteroatoms. The summed E-state index contributed by atoms with van der Waals surface area (Å²) in [6, 6.07) is 39.6. The number of thiazole rings is 1. The zero-order chi connectivity index (χ0) is 34.9. The number of carbonyl (C=O) groups is 3. The van der Waals surface area contributed by atoms with Gasteiger partial charge in [-0.3, -0.25) is 14.4 Å². The van der Waals surface area contributed by atoms with Crippen molar-refractivity contribution in [2.45, 2.75) is 10.1 Å². The topological polar surface area (TPSA) is 100 Å². The lowest BCUT2D eigenvalue weighted by atomic mass is 10.1. The van der Waals surface area contributed by atoms with E-state index in [1.54, 1.807) is 78.9 Å². The number of hydrogen-bond acceptors (Lipinski definition) is 6. The predicted octanol–water partition coefficient (Wildman–Crippen LogP) is 10.00. The summed E-state index contributed by atoms with van der Waals surface area (Å²) >= 11 is 15.4. The monoisotopic (exact) mass is 734 g/mol. The van der Waals surface area contributed by atoms with Crippen molar-refractivity contribution >= 4 is 80.9 Å². The van der Waals surface area contributed by atoms with Crippen LogP contribution >= 0.6 is 46.3 Å². The highest BCUT2D eigenvalue weighted by molar-refractivity contribution is 8.00. The molecule has 0 aliphatic carbocycles. The van der Waals surface area contributed by atoms with E-state index in [1.807, 2.05) is 60.0 Å². The molecule has 0 aliphatic heterocycles. The minimum atomic E-state index is -0.643. The molecule has 0 saturated carbocycles. The summed E-state index contributed by atoms with van der Waals surface area (Å²) in [5.74, 6) is -1.25. The van der Waals surface area contributed by atoms with Crippen LogP contribution in [0.15, 0.2) is 149 Å². The number of thioether (sulfide) groups is 1. The molecule has 1 unspecified atom stereocenters. The van der Waals surface area contributed by atoms with Gasteiger partial charge in [-0.05, 0) is 59.7 Å². The lowest BCUT2D eigenvalue weighted by Gasteiger charge is -2.17. The molecule has 0 saturated heterocycles. The third kappa shape index (κ3) is 8.88. The normalized spacial score (nSPS) is 11.8. The zero-order valence-electron chi connectivity index (χ0n) is 26.2. The first-order valence-electron chi connectivity index (χ1n) is 15.3. The van der Waals surface area contributed by atoms with E-state index in [2.05, 4.69) is 20.9 Å². The van der Waals surface area contributed by atoms with Gasteiger partial charge in [0.15, 0.2) is 5.13 Å². The maximum absolute atomic E-state index is 13.8. The Hall–Kier alpha value is -5.19. The Bertz CT molecular complexity index is 2180. The lowest BCUT2D eigenvalue weighted by Crippen LogP contribution is -2.30. The van der Waals surface area contributed by atoms with Gasteiger partial charge in [0, 0.05) is 37.1 Å². The highest BCUT2D eigenvalue weighted by Crippen LogP contribution is 2.38. The van der Waals surface area contributed by atoms with Crippen molar-refractivity contribution in [1.82, 2.24) is 10.3 Å². The quantitative estimate of drug-likeness (QED) is 0.0909. The molecule has 6 aromatic rings. The Morgan fingerprint density at radius 3 is 2.16 bits per heavy atom. The molecule has 6 rings (SSSR count). The molecule has 1 atom stereocenters. The Labute approximate surface area is 307 Å². The van der Waals surface area contributed by atoms with Gasteiger partial charge in [-0.25, -0.2) is 4.98 Å². The number of anilines is 2. The first kappa shape index (κ1) is 34.7. The van der Waals surface area contributed by atoms with Crippen LogP contribution in [-0.2, 0) is 9.59 Å². The number of nitrogens with one attached hydrogen (secondary N) is 3. The second kappa shape index (κ2) is 16.5. The standard InChI is InChI=1S/C39H28Cl2N4O3S2/c40-31-20-9-7-16-27(31)22-33(43-36(46)26-14-5-2-6-15-26)37(47)42-28-17-11-18-29(23-28)50-35(25-12-3-1-4-13-25)38(48)45-39-44-34(24-49-39)30-19-8-10-21-32(30)41/h1-24,35H,(H,42,47)(H,43,46)(H,44,45,48)/b33-22+. The van der Waals surface area contributed by atoms with Crippen LogP contribution in [0.2, 0.25) is 10.0 Å². The van der Waals surface area contributed by atoms with Gasteiger partial charge in [-0.2, -0.15) is 0 Å². The minimum Gasteiger partial charge on any atom is -0.321 e.